The fraction of sp³-hybridized carbons (Fsp3) is 0.500. The normalized spacial score (nSPS) is 11.3. The number of hydrazine groups is 1. The number of hydrogen-bond donors (Lipinski definition) is 3. The lowest BCUT2D eigenvalue weighted by molar-refractivity contribution is 0.0741. The zero-order valence-corrected chi connectivity index (χ0v) is 10.4. The van der Waals surface area contributed by atoms with Gasteiger partial charge in [-0.25, -0.2) is 19.6 Å². The molecule has 1 rings (SSSR count). The van der Waals surface area contributed by atoms with E-state index in [2.05, 4.69) is 10.4 Å². The molecule has 8 heteroatoms. The van der Waals surface area contributed by atoms with E-state index < -0.39 is 13.0 Å². The van der Waals surface area contributed by atoms with Crippen molar-refractivity contribution >= 4 is 17.4 Å². The molecule has 1 aromatic heterocycles. The summed E-state index contributed by atoms with van der Waals surface area (Å²) in [5, 5.41) is 9.19. The minimum atomic E-state index is -2.48. The Hall–Kier alpha value is -1.02. The molecule has 0 saturated carbocycles. The van der Waals surface area contributed by atoms with Gasteiger partial charge in [0.2, 0.25) is 0 Å². The minimum Gasteiger partial charge on any atom is -0.395 e. The van der Waals surface area contributed by atoms with Crippen molar-refractivity contribution in [1.29, 1.82) is 0 Å². The summed E-state index contributed by atoms with van der Waals surface area (Å²) >= 11 is 5.93. The van der Waals surface area contributed by atoms with Crippen molar-refractivity contribution < 1.29 is 13.9 Å². The van der Waals surface area contributed by atoms with E-state index in [0.29, 0.717) is 16.5 Å². The number of rotatable bonds is 7. The first kappa shape index (κ1) is 15.0. The van der Waals surface area contributed by atoms with Crippen LogP contribution in [0.5, 0.6) is 0 Å². The Kier molecular flexibility index (Phi) is 6.20. The minimum absolute atomic E-state index is 0.124. The maximum Gasteiger partial charge on any atom is 0.251 e. The molecule has 0 amide bonds. The molecule has 0 aliphatic heterocycles. The molecular weight excluding hydrogens is 266 g/mol. The highest BCUT2D eigenvalue weighted by atomic mass is 35.5. The van der Waals surface area contributed by atoms with Crippen LogP contribution in [0.1, 0.15) is 5.69 Å². The first-order valence-corrected chi connectivity index (χ1v) is 5.68. The van der Waals surface area contributed by atoms with Gasteiger partial charge in [-0.3, -0.25) is 4.90 Å². The summed E-state index contributed by atoms with van der Waals surface area (Å²) in [7, 11) is 0. The van der Waals surface area contributed by atoms with Crippen molar-refractivity contribution in [2.45, 2.75) is 13.0 Å². The summed E-state index contributed by atoms with van der Waals surface area (Å²) in [6, 6.07) is 3.16. The van der Waals surface area contributed by atoms with Gasteiger partial charge < -0.3 is 10.5 Å². The van der Waals surface area contributed by atoms with E-state index in [1.165, 1.54) is 4.90 Å². The molecule has 1 heterocycles. The predicted octanol–water partition coefficient (Wildman–Crippen LogP) is 1.08. The quantitative estimate of drug-likeness (QED) is 0.515. The Morgan fingerprint density at radius 2 is 2.22 bits per heavy atom. The third-order valence-electron chi connectivity index (χ3n) is 2.25. The molecule has 0 fully saturated rings. The lowest BCUT2D eigenvalue weighted by atomic mass is 10.3. The van der Waals surface area contributed by atoms with E-state index in [1.54, 1.807) is 12.1 Å². The van der Waals surface area contributed by atoms with Gasteiger partial charge in [-0.05, 0) is 12.1 Å². The standard InChI is InChI=1S/C10H15ClF2N4O/c11-7-1-2-10(16-14)15-8(7)5-17(3-4-18)6-9(12)13/h1-2,9,18H,3-6,14H2,(H,15,16). The Morgan fingerprint density at radius 1 is 1.50 bits per heavy atom. The average molecular weight is 281 g/mol. The summed E-state index contributed by atoms with van der Waals surface area (Å²) in [6.07, 6.45) is -2.48. The number of alkyl halides is 2. The second-order valence-corrected chi connectivity index (χ2v) is 4.03. The molecule has 1 aromatic rings. The smallest absolute Gasteiger partial charge is 0.251 e. The molecule has 0 atom stereocenters. The van der Waals surface area contributed by atoms with E-state index in [0.717, 1.165) is 0 Å². The zero-order valence-electron chi connectivity index (χ0n) is 9.61. The molecule has 0 radical (unpaired) electrons. The summed E-state index contributed by atoms with van der Waals surface area (Å²) in [6.45, 7) is -0.403. The maximum absolute atomic E-state index is 12.3. The molecule has 4 N–H and O–H groups in total. The van der Waals surface area contributed by atoms with Crippen molar-refractivity contribution in [1.82, 2.24) is 9.88 Å². The molecular formula is C10H15ClF2N4O. The summed E-state index contributed by atoms with van der Waals surface area (Å²) in [4.78, 5) is 5.46. The zero-order chi connectivity index (χ0) is 13.5. The van der Waals surface area contributed by atoms with Crippen LogP contribution in [0.25, 0.3) is 0 Å². The van der Waals surface area contributed by atoms with Gasteiger partial charge in [-0.1, -0.05) is 11.6 Å². The topological polar surface area (TPSA) is 74.4 Å². The molecule has 0 spiro atoms. The molecule has 5 nitrogen and oxygen atoms in total. The van der Waals surface area contributed by atoms with Crippen molar-refractivity contribution in [3.05, 3.63) is 22.8 Å². The van der Waals surface area contributed by atoms with Crippen molar-refractivity contribution in [2.24, 2.45) is 5.84 Å². The number of halogens is 3. The van der Waals surface area contributed by atoms with Crippen LogP contribution in [-0.4, -0.2) is 41.1 Å². The first-order chi connectivity index (χ1) is 8.56. The average Bonchev–Trinajstić information content (AvgIpc) is 2.31. The predicted molar refractivity (Wildman–Crippen MR) is 65.4 cm³/mol. The van der Waals surface area contributed by atoms with Gasteiger partial charge in [-0.2, -0.15) is 0 Å². The maximum atomic E-state index is 12.3. The van der Waals surface area contributed by atoms with E-state index in [4.69, 9.17) is 22.6 Å². The Morgan fingerprint density at radius 3 is 2.78 bits per heavy atom. The number of pyridine rings is 1. The van der Waals surface area contributed by atoms with Crippen LogP contribution in [-0.2, 0) is 6.54 Å². The summed E-state index contributed by atoms with van der Waals surface area (Å²) in [5.74, 6) is 5.61. The highest BCUT2D eigenvalue weighted by Gasteiger charge is 2.14. The fourth-order valence-electron chi connectivity index (χ4n) is 1.46. The lowest BCUT2D eigenvalue weighted by Gasteiger charge is -2.21. The second-order valence-electron chi connectivity index (χ2n) is 3.62. The molecule has 0 unspecified atom stereocenters. The van der Waals surface area contributed by atoms with Gasteiger partial charge in [0.1, 0.15) is 5.82 Å². The third-order valence-corrected chi connectivity index (χ3v) is 2.60. The fourth-order valence-corrected chi connectivity index (χ4v) is 1.62. The molecule has 0 aliphatic carbocycles. The number of nitrogens with zero attached hydrogens (tertiary/aromatic N) is 2. The number of hydrogen-bond acceptors (Lipinski definition) is 5. The van der Waals surface area contributed by atoms with E-state index in [9.17, 15) is 8.78 Å². The van der Waals surface area contributed by atoms with Gasteiger partial charge in [0.05, 0.1) is 23.9 Å². The number of anilines is 1. The molecule has 18 heavy (non-hydrogen) atoms. The van der Waals surface area contributed by atoms with Crippen LogP contribution in [0.2, 0.25) is 5.02 Å². The van der Waals surface area contributed by atoms with Gasteiger partial charge in [0.25, 0.3) is 6.43 Å². The van der Waals surface area contributed by atoms with Gasteiger partial charge in [0.15, 0.2) is 0 Å². The lowest BCUT2D eigenvalue weighted by Crippen LogP contribution is -2.31. The third kappa shape index (κ3) is 4.69. The number of nitrogens with one attached hydrogen (secondary N) is 1. The van der Waals surface area contributed by atoms with E-state index >= 15 is 0 Å². The van der Waals surface area contributed by atoms with Crippen molar-refractivity contribution in [3.63, 3.8) is 0 Å². The summed E-state index contributed by atoms with van der Waals surface area (Å²) < 4.78 is 24.7. The highest BCUT2D eigenvalue weighted by molar-refractivity contribution is 6.31. The molecule has 0 saturated heterocycles. The van der Waals surface area contributed by atoms with Crippen LogP contribution < -0.4 is 11.3 Å². The number of nitrogen functional groups attached to an aromatic ring is 1. The van der Waals surface area contributed by atoms with Crippen LogP contribution >= 0.6 is 11.6 Å². The van der Waals surface area contributed by atoms with Crippen LogP contribution in [0.3, 0.4) is 0 Å². The molecule has 0 bridgehead atoms. The number of aliphatic hydroxyl groups excluding tert-OH is 1. The van der Waals surface area contributed by atoms with Crippen LogP contribution in [0, 0.1) is 0 Å². The van der Waals surface area contributed by atoms with E-state index in [-0.39, 0.29) is 19.7 Å². The number of aliphatic hydroxyl groups is 1. The van der Waals surface area contributed by atoms with Gasteiger partial charge >= 0.3 is 0 Å². The molecule has 102 valence electrons. The monoisotopic (exact) mass is 280 g/mol. The van der Waals surface area contributed by atoms with Crippen molar-refractivity contribution in [3.8, 4) is 0 Å². The van der Waals surface area contributed by atoms with Gasteiger partial charge in [0, 0.05) is 13.1 Å². The number of aromatic nitrogens is 1. The second kappa shape index (κ2) is 7.42. The molecule has 0 aliphatic rings. The Balaban J connectivity index is 2.78. The first-order valence-electron chi connectivity index (χ1n) is 5.30. The van der Waals surface area contributed by atoms with Crippen molar-refractivity contribution in [2.75, 3.05) is 25.1 Å². The van der Waals surface area contributed by atoms with Crippen LogP contribution in [0.4, 0.5) is 14.6 Å². The summed E-state index contributed by atoms with van der Waals surface area (Å²) in [5.41, 5.74) is 2.79. The number of nitrogens with two attached hydrogens (primary N) is 1. The Labute approximate surface area is 109 Å². The van der Waals surface area contributed by atoms with Crippen LogP contribution in [0.15, 0.2) is 12.1 Å². The SMILES string of the molecule is NNc1ccc(Cl)c(CN(CCO)CC(F)F)n1. The Bertz CT molecular complexity index is 381. The molecule has 0 aromatic carbocycles. The van der Waals surface area contributed by atoms with E-state index in [1.807, 2.05) is 0 Å². The highest BCUT2D eigenvalue weighted by Crippen LogP contribution is 2.18. The largest absolute Gasteiger partial charge is 0.395 e. The van der Waals surface area contributed by atoms with Gasteiger partial charge in [-0.15, -0.1) is 0 Å².